The van der Waals surface area contributed by atoms with Gasteiger partial charge in [-0.2, -0.15) is 5.10 Å². The molecule has 3 aromatic rings. The van der Waals surface area contributed by atoms with Gasteiger partial charge >= 0.3 is 0 Å². The average Bonchev–Trinajstić information content (AvgIpc) is 3.12. The highest BCUT2D eigenvalue weighted by Gasteiger charge is 2.12. The van der Waals surface area contributed by atoms with E-state index in [1.54, 1.807) is 0 Å². The average molecular weight is 297 g/mol. The van der Waals surface area contributed by atoms with E-state index in [2.05, 4.69) is 24.4 Å². The molecule has 0 bridgehead atoms. The molecule has 108 valence electrons. The maximum Gasteiger partial charge on any atom is 0.130 e. The first-order valence-electron chi connectivity index (χ1n) is 7.17. The second kappa shape index (κ2) is 6.14. The smallest absolute Gasteiger partial charge is 0.130 e. The summed E-state index contributed by atoms with van der Waals surface area (Å²) in [6, 6.07) is 14.3. The van der Waals surface area contributed by atoms with E-state index in [0.717, 1.165) is 42.0 Å². The SMILES string of the molecule is Cc1c(CCCc2cccs2)nn(-c2ccccc2)c1N. The molecule has 21 heavy (non-hydrogen) atoms. The van der Waals surface area contributed by atoms with Crippen LogP contribution in [0.1, 0.15) is 22.6 Å². The van der Waals surface area contributed by atoms with Crippen LogP contribution in [0.5, 0.6) is 0 Å². The summed E-state index contributed by atoms with van der Waals surface area (Å²) < 4.78 is 1.84. The Kier molecular flexibility index (Phi) is 4.06. The van der Waals surface area contributed by atoms with Crippen molar-refractivity contribution in [1.29, 1.82) is 0 Å². The molecule has 1 aromatic carbocycles. The molecule has 2 N–H and O–H groups in total. The molecule has 0 saturated carbocycles. The van der Waals surface area contributed by atoms with Gasteiger partial charge in [0.2, 0.25) is 0 Å². The van der Waals surface area contributed by atoms with Crippen molar-refractivity contribution in [2.45, 2.75) is 26.2 Å². The summed E-state index contributed by atoms with van der Waals surface area (Å²) in [5, 5.41) is 6.82. The van der Waals surface area contributed by atoms with Gasteiger partial charge in [-0.3, -0.25) is 0 Å². The summed E-state index contributed by atoms with van der Waals surface area (Å²) in [7, 11) is 0. The summed E-state index contributed by atoms with van der Waals surface area (Å²) in [5.41, 5.74) is 9.43. The Morgan fingerprint density at radius 1 is 1.10 bits per heavy atom. The fourth-order valence-electron chi connectivity index (χ4n) is 2.44. The van der Waals surface area contributed by atoms with Crippen LogP contribution in [-0.4, -0.2) is 9.78 Å². The summed E-state index contributed by atoms with van der Waals surface area (Å²) in [6.07, 6.45) is 3.18. The lowest BCUT2D eigenvalue weighted by Crippen LogP contribution is -2.02. The third-order valence-electron chi connectivity index (χ3n) is 3.68. The zero-order chi connectivity index (χ0) is 14.7. The Hall–Kier alpha value is -2.07. The lowest BCUT2D eigenvalue weighted by Gasteiger charge is -2.02. The van der Waals surface area contributed by atoms with E-state index in [1.165, 1.54) is 4.88 Å². The summed E-state index contributed by atoms with van der Waals surface area (Å²) >= 11 is 1.82. The Morgan fingerprint density at radius 3 is 2.62 bits per heavy atom. The molecule has 0 aliphatic heterocycles. The first-order valence-corrected chi connectivity index (χ1v) is 8.05. The molecule has 3 nitrogen and oxygen atoms in total. The maximum atomic E-state index is 6.20. The summed E-state index contributed by atoms with van der Waals surface area (Å²) in [6.45, 7) is 2.06. The quantitative estimate of drug-likeness (QED) is 0.773. The van der Waals surface area contributed by atoms with Gasteiger partial charge in [0, 0.05) is 10.4 Å². The molecule has 0 saturated heterocycles. The minimum Gasteiger partial charge on any atom is -0.383 e. The molecule has 0 amide bonds. The molecule has 0 atom stereocenters. The number of hydrogen-bond acceptors (Lipinski definition) is 3. The van der Waals surface area contributed by atoms with Crippen molar-refractivity contribution in [3.05, 3.63) is 64.0 Å². The molecule has 0 aliphatic carbocycles. The predicted octanol–water partition coefficient (Wildman–Crippen LogP) is 4.00. The predicted molar refractivity (Wildman–Crippen MR) is 89.1 cm³/mol. The number of aromatic nitrogens is 2. The van der Waals surface area contributed by atoms with Crippen LogP contribution in [0.2, 0.25) is 0 Å². The van der Waals surface area contributed by atoms with Gasteiger partial charge < -0.3 is 5.73 Å². The van der Waals surface area contributed by atoms with Crippen molar-refractivity contribution in [3.63, 3.8) is 0 Å². The van der Waals surface area contributed by atoms with E-state index in [9.17, 15) is 0 Å². The van der Waals surface area contributed by atoms with Crippen molar-refractivity contribution in [1.82, 2.24) is 9.78 Å². The highest BCUT2D eigenvalue weighted by atomic mass is 32.1. The number of para-hydroxylation sites is 1. The zero-order valence-electron chi connectivity index (χ0n) is 12.1. The van der Waals surface area contributed by atoms with E-state index >= 15 is 0 Å². The first-order chi connectivity index (χ1) is 10.3. The molecule has 3 rings (SSSR count). The van der Waals surface area contributed by atoms with Gasteiger partial charge in [-0.05, 0) is 49.8 Å². The Balaban J connectivity index is 1.74. The Morgan fingerprint density at radius 2 is 1.90 bits per heavy atom. The van der Waals surface area contributed by atoms with Gasteiger partial charge in [-0.15, -0.1) is 11.3 Å². The normalized spacial score (nSPS) is 10.9. The van der Waals surface area contributed by atoms with Crippen LogP contribution in [0, 0.1) is 6.92 Å². The topological polar surface area (TPSA) is 43.8 Å². The van der Waals surface area contributed by atoms with Crippen LogP contribution >= 0.6 is 11.3 Å². The second-order valence-corrected chi connectivity index (χ2v) is 6.17. The van der Waals surface area contributed by atoms with Gasteiger partial charge in [0.05, 0.1) is 11.4 Å². The van der Waals surface area contributed by atoms with Crippen molar-refractivity contribution in [2.75, 3.05) is 5.73 Å². The molecule has 0 fully saturated rings. The maximum absolute atomic E-state index is 6.20. The van der Waals surface area contributed by atoms with E-state index in [1.807, 2.05) is 46.4 Å². The number of anilines is 1. The standard InChI is InChI=1S/C17H19N3S/c1-13-16(11-5-9-15-10-6-12-21-15)19-20(17(13)18)14-7-3-2-4-8-14/h2-4,6-8,10,12H,5,9,11,18H2,1H3. The number of rotatable bonds is 5. The number of nitrogens with two attached hydrogens (primary N) is 1. The van der Waals surface area contributed by atoms with Crippen molar-refractivity contribution < 1.29 is 0 Å². The highest BCUT2D eigenvalue weighted by Crippen LogP contribution is 2.22. The highest BCUT2D eigenvalue weighted by molar-refractivity contribution is 7.09. The van der Waals surface area contributed by atoms with Crippen LogP contribution in [0.15, 0.2) is 47.8 Å². The number of benzene rings is 1. The second-order valence-electron chi connectivity index (χ2n) is 5.14. The lowest BCUT2D eigenvalue weighted by atomic mass is 10.1. The molecule has 0 aliphatic rings. The van der Waals surface area contributed by atoms with E-state index in [4.69, 9.17) is 10.8 Å². The number of nitrogen functional groups attached to an aromatic ring is 1. The molecule has 0 unspecified atom stereocenters. The molecule has 0 spiro atoms. The number of thiophene rings is 1. The molecular formula is C17H19N3S. The van der Waals surface area contributed by atoms with E-state index in [-0.39, 0.29) is 0 Å². The molecule has 2 aromatic heterocycles. The third-order valence-corrected chi connectivity index (χ3v) is 4.62. The molecular weight excluding hydrogens is 278 g/mol. The lowest BCUT2D eigenvalue weighted by molar-refractivity contribution is 0.772. The van der Waals surface area contributed by atoms with Crippen molar-refractivity contribution >= 4 is 17.2 Å². The minimum atomic E-state index is 0.743. The number of nitrogens with zero attached hydrogens (tertiary/aromatic N) is 2. The fourth-order valence-corrected chi connectivity index (χ4v) is 3.20. The first kappa shape index (κ1) is 13.9. The van der Waals surface area contributed by atoms with Gasteiger partial charge in [0.25, 0.3) is 0 Å². The Labute approximate surface area is 129 Å². The monoisotopic (exact) mass is 297 g/mol. The van der Waals surface area contributed by atoms with Crippen molar-refractivity contribution in [2.24, 2.45) is 0 Å². The molecule has 4 heteroatoms. The fraction of sp³-hybridized carbons (Fsp3) is 0.235. The van der Waals surface area contributed by atoms with Crippen LogP contribution < -0.4 is 5.73 Å². The van der Waals surface area contributed by atoms with E-state index in [0.29, 0.717) is 0 Å². The summed E-state index contributed by atoms with van der Waals surface area (Å²) in [5.74, 6) is 0.743. The van der Waals surface area contributed by atoms with Crippen LogP contribution in [-0.2, 0) is 12.8 Å². The molecule has 2 heterocycles. The number of aryl methyl sites for hydroxylation is 2. The van der Waals surface area contributed by atoms with Gasteiger partial charge in [0.1, 0.15) is 5.82 Å². The van der Waals surface area contributed by atoms with Gasteiger partial charge in [-0.25, -0.2) is 4.68 Å². The Bertz CT molecular complexity index is 699. The molecule has 0 radical (unpaired) electrons. The number of hydrogen-bond donors (Lipinski definition) is 1. The largest absolute Gasteiger partial charge is 0.383 e. The minimum absolute atomic E-state index is 0.743. The van der Waals surface area contributed by atoms with E-state index < -0.39 is 0 Å². The zero-order valence-corrected chi connectivity index (χ0v) is 12.9. The van der Waals surface area contributed by atoms with Crippen LogP contribution in [0.4, 0.5) is 5.82 Å². The van der Waals surface area contributed by atoms with Crippen LogP contribution in [0.3, 0.4) is 0 Å². The van der Waals surface area contributed by atoms with Crippen LogP contribution in [0.25, 0.3) is 5.69 Å². The van der Waals surface area contributed by atoms with Gasteiger partial charge in [0.15, 0.2) is 0 Å². The van der Waals surface area contributed by atoms with Gasteiger partial charge in [-0.1, -0.05) is 24.3 Å². The van der Waals surface area contributed by atoms with Crippen molar-refractivity contribution in [3.8, 4) is 5.69 Å². The third kappa shape index (κ3) is 3.00. The summed E-state index contributed by atoms with van der Waals surface area (Å²) in [4.78, 5) is 1.43.